The summed E-state index contributed by atoms with van der Waals surface area (Å²) >= 11 is 0. The Morgan fingerprint density at radius 3 is 2.35 bits per heavy atom. The fourth-order valence-corrected chi connectivity index (χ4v) is 2.46. The normalized spacial score (nSPS) is 12.8. The van der Waals surface area contributed by atoms with Crippen LogP contribution in [0.4, 0.5) is 0 Å². The molecule has 0 aliphatic rings. The van der Waals surface area contributed by atoms with Crippen LogP contribution in [-0.4, -0.2) is 32.8 Å². The van der Waals surface area contributed by atoms with Gasteiger partial charge in [-0.05, 0) is 29.8 Å². The first-order valence-electron chi connectivity index (χ1n) is 7.13. The van der Waals surface area contributed by atoms with Gasteiger partial charge in [-0.1, -0.05) is 30.3 Å². The van der Waals surface area contributed by atoms with Crippen LogP contribution in [0.1, 0.15) is 5.56 Å². The first kappa shape index (κ1) is 17.4. The lowest BCUT2D eigenvalue weighted by atomic mass is 10.2. The summed E-state index contributed by atoms with van der Waals surface area (Å²) in [6, 6.07) is 15.6. The number of hydrogen-bond donors (Lipinski definition) is 3. The zero-order chi connectivity index (χ0) is 16.7. The predicted octanol–water partition coefficient (Wildman–Crippen LogP) is 0.864. The average molecular weight is 336 g/mol. The lowest BCUT2D eigenvalue weighted by Gasteiger charge is -2.13. The van der Waals surface area contributed by atoms with E-state index in [1.807, 2.05) is 30.3 Å². The highest BCUT2D eigenvalue weighted by atomic mass is 32.2. The molecule has 0 fully saturated rings. The average Bonchev–Trinajstić information content (AvgIpc) is 2.53. The number of aliphatic hydroxyl groups excluding tert-OH is 1. The highest BCUT2D eigenvalue weighted by Gasteiger charge is 2.07. The molecule has 7 heteroatoms. The van der Waals surface area contributed by atoms with Crippen molar-refractivity contribution in [3.8, 4) is 5.75 Å². The summed E-state index contributed by atoms with van der Waals surface area (Å²) in [4.78, 5) is 0.0811. The number of rotatable bonds is 8. The second-order valence-corrected chi connectivity index (χ2v) is 6.66. The SMILES string of the molecule is NS(=O)(=O)c1ccc(CNCC(O)COc2ccccc2)cc1. The van der Waals surface area contributed by atoms with Gasteiger partial charge < -0.3 is 15.2 Å². The third-order valence-corrected chi connectivity index (χ3v) is 4.08. The maximum absolute atomic E-state index is 11.2. The minimum absolute atomic E-state index is 0.0811. The molecule has 0 heterocycles. The Morgan fingerprint density at radius 1 is 1.09 bits per heavy atom. The molecule has 2 aromatic carbocycles. The number of para-hydroxylation sites is 1. The summed E-state index contributed by atoms with van der Waals surface area (Å²) in [5, 5.41) is 18.0. The van der Waals surface area contributed by atoms with Crippen LogP contribution in [0.15, 0.2) is 59.5 Å². The van der Waals surface area contributed by atoms with Gasteiger partial charge >= 0.3 is 0 Å². The molecular formula is C16H20N2O4S. The topological polar surface area (TPSA) is 102 Å². The summed E-state index contributed by atoms with van der Waals surface area (Å²) in [5.41, 5.74) is 0.897. The van der Waals surface area contributed by atoms with Crippen molar-refractivity contribution >= 4 is 10.0 Å². The Kier molecular flexibility index (Phi) is 6.12. The van der Waals surface area contributed by atoms with Crippen molar-refractivity contribution in [3.05, 3.63) is 60.2 Å². The third kappa shape index (κ3) is 5.99. The third-order valence-electron chi connectivity index (χ3n) is 3.15. The molecule has 124 valence electrons. The summed E-state index contributed by atoms with van der Waals surface area (Å²) in [7, 11) is -3.66. The number of primary sulfonamides is 1. The van der Waals surface area contributed by atoms with Gasteiger partial charge in [-0.15, -0.1) is 0 Å². The van der Waals surface area contributed by atoms with Crippen LogP contribution >= 0.6 is 0 Å². The Balaban J connectivity index is 1.72. The van der Waals surface area contributed by atoms with Crippen LogP contribution in [0.5, 0.6) is 5.75 Å². The molecule has 2 rings (SSSR count). The van der Waals surface area contributed by atoms with E-state index in [1.165, 1.54) is 12.1 Å². The second-order valence-electron chi connectivity index (χ2n) is 5.10. The number of aliphatic hydroxyl groups is 1. The summed E-state index contributed by atoms with van der Waals surface area (Å²) in [6.45, 7) is 1.07. The van der Waals surface area contributed by atoms with E-state index in [2.05, 4.69) is 5.32 Å². The summed E-state index contributed by atoms with van der Waals surface area (Å²) < 4.78 is 27.8. The van der Waals surface area contributed by atoms with E-state index in [0.29, 0.717) is 18.8 Å². The molecule has 1 atom stereocenters. The van der Waals surface area contributed by atoms with Crippen LogP contribution < -0.4 is 15.2 Å². The molecule has 0 radical (unpaired) electrons. The van der Waals surface area contributed by atoms with E-state index in [-0.39, 0.29) is 11.5 Å². The Bertz CT molecular complexity index is 703. The van der Waals surface area contributed by atoms with Crippen molar-refractivity contribution in [2.45, 2.75) is 17.5 Å². The minimum Gasteiger partial charge on any atom is -0.491 e. The minimum atomic E-state index is -3.66. The zero-order valence-electron chi connectivity index (χ0n) is 12.6. The van der Waals surface area contributed by atoms with Crippen LogP contribution in [0, 0.1) is 0 Å². The first-order valence-corrected chi connectivity index (χ1v) is 8.68. The molecule has 0 amide bonds. The van der Waals surface area contributed by atoms with Crippen molar-refractivity contribution < 1.29 is 18.3 Å². The van der Waals surface area contributed by atoms with Gasteiger partial charge in [0.25, 0.3) is 0 Å². The Labute approximate surface area is 136 Å². The number of sulfonamides is 1. The van der Waals surface area contributed by atoms with Crippen LogP contribution in [0.2, 0.25) is 0 Å². The molecule has 0 spiro atoms. The summed E-state index contributed by atoms with van der Waals surface area (Å²) in [6.07, 6.45) is -0.640. The molecular weight excluding hydrogens is 316 g/mol. The van der Waals surface area contributed by atoms with E-state index in [1.54, 1.807) is 12.1 Å². The van der Waals surface area contributed by atoms with Crippen LogP contribution in [-0.2, 0) is 16.6 Å². The first-order chi connectivity index (χ1) is 10.9. The zero-order valence-corrected chi connectivity index (χ0v) is 13.4. The van der Waals surface area contributed by atoms with Gasteiger partial charge in [-0.25, -0.2) is 13.6 Å². The molecule has 0 aromatic heterocycles. The number of nitrogens with one attached hydrogen (secondary N) is 1. The standard InChI is InChI=1S/C16H20N2O4S/c17-23(20,21)16-8-6-13(7-9-16)10-18-11-14(19)12-22-15-4-2-1-3-5-15/h1-9,14,18-19H,10-12H2,(H2,17,20,21). The lowest BCUT2D eigenvalue weighted by molar-refractivity contribution is 0.106. The highest BCUT2D eigenvalue weighted by Crippen LogP contribution is 2.09. The largest absolute Gasteiger partial charge is 0.491 e. The van der Waals surface area contributed by atoms with E-state index in [4.69, 9.17) is 9.88 Å². The quantitative estimate of drug-likeness (QED) is 0.664. The second kappa shape index (κ2) is 8.07. The number of benzene rings is 2. The highest BCUT2D eigenvalue weighted by molar-refractivity contribution is 7.89. The number of ether oxygens (including phenoxy) is 1. The van der Waals surface area contributed by atoms with Crippen molar-refractivity contribution in [1.82, 2.24) is 5.32 Å². The molecule has 0 saturated heterocycles. The molecule has 1 unspecified atom stereocenters. The number of hydrogen-bond acceptors (Lipinski definition) is 5. The molecule has 0 saturated carbocycles. The predicted molar refractivity (Wildman–Crippen MR) is 87.5 cm³/mol. The maximum atomic E-state index is 11.2. The van der Waals surface area contributed by atoms with Gasteiger partial charge in [-0.2, -0.15) is 0 Å². The van der Waals surface area contributed by atoms with E-state index >= 15 is 0 Å². The van der Waals surface area contributed by atoms with Gasteiger partial charge in [-0.3, -0.25) is 0 Å². The number of nitrogens with two attached hydrogens (primary N) is 1. The van der Waals surface area contributed by atoms with Crippen molar-refractivity contribution in [3.63, 3.8) is 0 Å². The van der Waals surface area contributed by atoms with Gasteiger partial charge in [0.1, 0.15) is 18.5 Å². The Hall–Kier alpha value is -1.93. The molecule has 23 heavy (non-hydrogen) atoms. The fraction of sp³-hybridized carbons (Fsp3) is 0.250. The molecule has 0 aliphatic carbocycles. The molecule has 2 aromatic rings. The van der Waals surface area contributed by atoms with Crippen LogP contribution in [0.25, 0.3) is 0 Å². The molecule has 0 bridgehead atoms. The summed E-state index contributed by atoms with van der Waals surface area (Å²) in [5.74, 6) is 0.713. The lowest BCUT2D eigenvalue weighted by Crippen LogP contribution is -2.31. The molecule has 4 N–H and O–H groups in total. The van der Waals surface area contributed by atoms with Crippen LogP contribution in [0.3, 0.4) is 0 Å². The van der Waals surface area contributed by atoms with Gasteiger partial charge in [0.15, 0.2) is 0 Å². The maximum Gasteiger partial charge on any atom is 0.238 e. The monoisotopic (exact) mass is 336 g/mol. The molecule has 0 aliphatic heterocycles. The fourth-order valence-electron chi connectivity index (χ4n) is 1.95. The van der Waals surface area contributed by atoms with Gasteiger partial charge in [0.2, 0.25) is 10.0 Å². The molecule has 6 nitrogen and oxygen atoms in total. The Morgan fingerprint density at radius 2 is 1.74 bits per heavy atom. The van der Waals surface area contributed by atoms with Crippen molar-refractivity contribution in [2.75, 3.05) is 13.2 Å². The van der Waals surface area contributed by atoms with Crippen molar-refractivity contribution in [2.24, 2.45) is 5.14 Å². The van der Waals surface area contributed by atoms with E-state index in [9.17, 15) is 13.5 Å². The van der Waals surface area contributed by atoms with Crippen molar-refractivity contribution in [1.29, 1.82) is 0 Å². The van der Waals surface area contributed by atoms with E-state index < -0.39 is 16.1 Å². The smallest absolute Gasteiger partial charge is 0.238 e. The van der Waals surface area contributed by atoms with Gasteiger partial charge in [0, 0.05) is 13.1 Å². The van der Waals surface area contributed by atoms with Gasteiger partial charge in [0.05, 0.1) is 4.90 Å². The van der Waals surface area contributed by atoms with E-state index in [0.717, 1.165) is 5.56 Å².